The number of esters is 1. The Morgan fingerprint density at radius 3 is 2.68 bits per heavy atom. The first-order chi connectivity index (χ1) is 10.4. The van der Waals surface area contributed by atoms with Crippen LogP contribution in [0, 0.1) is 10.1 Å². The molecule has 0 N–H and O–H groups in total. The Balaban J connectivity index is 2.64. The summed E-state index contributed by atoms with van der Waals surface area (Å²) in [5.74, 6) is 0.256. The van der Waals surface area contributed by atoms with Crippen LogP contribution in [0.1, 0.15) is 25.3 Å². The Kier molecular flexibility index (Phi) is 7.51. The first-order valence-corrected chi connectivity index (χ1v) is 8.52. The number of nitro benzene ring substituents is 1. The molecular formula is C14H19NO6S. The van der Waals surface area contributed by atoms with Crippen molar-refractivity contribution in [3.8, 4) is 5.75 Å². The fourth-order valence-electron chi connectivity index (χ4n) is 1.79. The van der Waals surface area contributed by atoms with Crippen LogP contribution in [0.3, 0.4) is 0 Å². The van der Waals surface area contributed by atoms with Crippen molar-refractivity contribution in [1.82, 2.24) is 0 Å². The van der Waals surface area contributed by atoms with Gasteiger partial charge in [0.1, 0.15) is 5.75 Å². The highest BCUT2D eigenvalue weighted by atomic mass is 32.2. The molecule has 7 nitrogen and oxygen atoms in total. The number of non-ortho nitro benzene ring substituents is 1. The second-order valence-electron chi connectivity index (χ2n) is 4.57. The van der Waals surface area contributed by atoms with Gasteiger partial charge in [-0.05, 0) is 25.0 Å². The SMILES string of the molecule is CCOC(=O)CCCOc1cc(C[S@@](C)=O)cc([N+](=O)[O-])c1. The van der Waals surface area contributed by atoms with Gasteiger partial charge in [-0.2, -0.15) is 0 Å². The fraction of sp³-hybridized carbons (Fsp3) is 0.500. The summed E-state index contributed by atoms with van der Waals surface area (Å²) >= 11 is 0. The van der Waals surface area contributed by atoms with E-state index in [1.54, 1.807) is 13.0 Å². The minimum Gasteiger partial charge on any atom is -0.493 e. The van der Waals surface area contributed by atoms with E-state index in [-0.39, 0.29) is 30.4 Å². The molecule has 0 aromatic heterocycles. The average molecular weight is 329 g/mol. The molecule has 0 amide bonds. The van der Waals surface area contributed by atoms with Gasteiger partial charge in [-0.3, -0.25) is 19.1 Å². The highest BCUT2D eigenvalue weighted by molar-refractivity contribution is 7.83. The summed E-state index contributed by atoms with van der Waals surface area (Å²) in [5, 5.41) is 10.9. The smallest absolute Gasteiger partial charge is 0.305 e. The highest BCUT2D eigenvalue weighted by Crippen LogP contribution is 2.23. The van der Waals surface area contributed by atoms with E-state index >= 15 is 0 Å². The predicted molar refractivity (Wildman–Crippen MR) is 82.2 cm³/mol. The maximum absolute atomic E-state index is 11.3. The largest absolute Gasteiger partial charge is 0.493 e. The first kappa shape index (κ1) is 18.1. The molecule has 0 fully saturated rings. The van der Waals surface area contributed by atoms with Crippen LogP contribution in [0.2, 0.25) is 0 Å². The fourth-order valence-corrected chi connectivity index (χ4v) is 2.43. The molecule has 0 aliphatic rings. The van der Waals surface area contributed by atoms with Crippen molar-refractivity contribution in [1.29, 1.82) is 0 Å². The van der Waals surface area contributed by atoms with E-state index in [1.807, 2.05) is 0 Å². The summed E-state index contributed by atoms with van der Waals surface area (Å²) < 4.78 is 21.5. The third-order valence-corrected chi connectivity index (χ3v) is 3.37. The van der Waals surface area contributed by atoms with Crippen molar-refractivity contribution in [2.75, 3.05) is 19.5 Å². The molecule has 0 radical (unpaired) electrons. The number of carbonyl (C=O) groups excluding carboxylic acids is 1. The standard InChI is InChI=1S/C14H19NO6S/c1-3-20-14(16)5-4-6-21-13-8-11(10-22(2)19)7-12(9-13)15(17)18/h7-9H,3-6,10H2,1-2H3/t22-/m1/s1. The Hall–Kier alpha value is -1.96. The second kappa shape index (κ2) is 9.14. The summed E-state index contributed by atoms with van der Waals surface area (Å²) in [6.45, 7) is 2.31. The van der Waals surface area contributed by atoms with Gasteiger partial charge >= 0.3 is 5.97 Å². The minimum atomic E-state index is -1.10. The number of nitro groups is 1. The van der Waals surface area contributed by atoms with Crippen LogP contribution in [-0.4, -0.2) is 34.6 Å². The number of hydrogen-bond acceptors (Lipinski definition) is 6. The molecule has 1 aromatic rings. The zero-order chi connectivity index (χ0) is 16.5. The second-order valence-corrected chi connectivity index (χ2v) is 6.00. The van der Waals surface area contributed by atoms with Crippen LogP contribution in [-0.2, 0) is 26.1 Å². The normalized spacial score (nSPS) is 11.7. The predicted octanol–water partition coefficient (Wildman–Crippen LogP) is 2.20. The molecule has 1 aromatic carbocycles. The van der Waals surface area contributed by atoms with Gasteiger partial charge in [-0.15, -0.1) is 0 Å². The van der Waals surface area contributed by atoms with Crippen LogP contribution < -0.4 is 4.74 Å². The molecule has 0 saturated heterocycles. The van der Waals surface area contributed by atoms with Crippen molar-refractivity contribution >= 4 is 22.5 Å². The van der Waals surface area contributed by atoms with Crippen LogP contribution in [0.4, 0.5) is 5.69 Å². The van der Waals surface area contributed by atoms with E-state index in [4.69, 9.17) is 9.47 Å². The Labute approximate surface area is 131 Å². The molecule has 0 saturated carbocycles. The molecular weight excluding hydrogens is 310 g/mol. The third-order valence-electron chi connectivity index (χ3n) is 2.63. The monoisotopic (exact) mass is 329 g/mol. The van der Waals surface area contributed by atoms with Crippen molar-refractivity contribution in [2.45, 2.75) is 25.5 Å². The molecule has 0 unspecified atom stereocenters. The van der Waals surface area contributed by atoms with Gasteiger partial charge in [-0.1, -0.05) is 0 Å². The van der Waals surface area contributed by atoms with Crippen LogP contribution in [0.25, 0.3) is 0 Å². The van der Waals surface area contributed by atoms with Crippen molar-refractivity contribution in [3.05, 3.63) is 33.9 Å². The van der Waals surface area contributed by atoms with E-state index in [2.05, 4.69) is 0 Å². The van der Waals surface area contributed by atoms with Gasteiger partial charge in [0.25, 0.3) is 5.69 Å². The molecule has 0 spiro atoms. The number of ether oxygens (including phenoxy) is 2. The molecule has 0 heterocycles. The van der Waals surface area contributed by atoms with Crippen LogP contribution in [0.15, 0.2) is 18.2 Å². The van der Waals surface area contributed by atoms with Crippen LogP contribution >= 0.6 is 0 Å². The van der Waals surface area contributed by atoms with Crippen molar-refractivity contribution < 1.29 is 23.4 Å². The van der Waals surface area contributed by atoms with E-state index < -0.39 is 15.7 Å². The highest BCUT2D eigenvalue weighted by Gasteiger charge is 2.12. The molecule has 8 heteroatoms. The molecule has 1 rings (SSSR count). The Morgan fingerprint density at radius 1 is 1.36 bits per heavy atom. The summed E-state index contributed by atoms with van der Waals surface area (Å²) in [6, 6.07) is 4.32. The zero-order valence-electron chi connectivity index (χ0n) is 12.6. The molecule has 1 atom stereocenters. The minimum absolute atomic E-state index is 0.108. The Bertz CT molecular complexity index is 560. The lowest BCUT2D eigenvalue weighted by atomic mass is 10.2. The number of carbonyl (C=O) groups is 1. The van der Waals surface area contributed by atoms with Crippen LogP contribution in [0.5, 0.6) is 5.75 Å². The molecule has 0 aliphatic heterocycles. The van der Waals surface area contributed by atoms with Gasteiger partial charge in [0.2, 0.25) is 0 Å². The molecule has 122 valence electrons. The summed E-state index contributed by atoms with van der Waals surface area (Å²) in [7, 11) is -1.10. The summed E-state index contributed by atoms with van der Waals surface area (Å²) in [5.41, 5.74) is 0.471. The Morgan fingerprint density at radius 2 is 2.09 bits per heavy atom. The average Bonchev–Trinajstić information content (AvgIpc) is 2.43. The van der Waals surface area contributed by atoms with E-state index in [1.165, 1.54) is 18.4 Å². The topological polar surface area (TPSA) is 95.7 Å². The van der Waals surface area contributed by atoms with E-state index in [9.17, 15) is 19.1 Å². The van der Waals surface area contributed by atoms with Gasteiger partial charge in [-0.25, -0.2) is 0 Å². The lowest BCUT2D eigenvalue weighted by Crippen LogP contribution is -2.07. The van der Waals surface area contributed by atoms with E-state index in [0.717, 1.165) is 0 Å². The lowest BCUT2D eigenvalue weighted by Gasteiger charge is -2.08. The zero-order valence-corrected chi connectivity index (χ0v) is 13.4. The lowest BCUT2D eigenvalue weighted by molar-refractivity contribution is -0.385. The maximum Gasteiger partial charge on any atom is 0.305 e. The molecule has 0 aliphatic carbocycles. The summed E-state index contributed by atoms with van der Waals surface area (Å²) in [6.07, 6.45) is 2.21. The summed E-state index contributed by atoms with van der Waals surface area (Å²) in [4.78, 5) is 21.5. The van der Waals surface area contributed by atoms with Gasteiger partial charge in [0.15, 0.2) is 0 Å². The number of rotatable bonds is 9. The third kappa shape index (κ3) is 6.66. The van der Waals surface area contributed by atoms with Gasteiger partial charge in [0.05, 0.1) is 24.2 Å². The van der Waals surface area contributed by atoms with Crippen molar-refractivity contribution in [3.63, 3.8) is 0 Å². The molecule has 0 bridgehead atoms. The number of hydrogen-bond donors (Lipinski definition) is 0. The molecule has 22 heavy (non-hydrogen) atoms. The van der Waals surface area contributed by atoms with Crippen molar-refractivity contribution in [2.24, 2.45) is 0 Å². The van der Waals surface area contributed by atoms with Gasteiger partial charge in [0, 0.05) is 35.3 Å². The quantitative estimate of drug-likeness (QED) is 0.298. The first-order valence-electron chi connectivity index (χ1n) is 6.79. The maximum atomic E-state index is 11.3. The van der Waals surface area contributed by atoms with E-state index in [0.29, 0.717) is 24.3 Å². The number of nitrogens with zero attached hydrogens (tertiary/aromatic N) is 1. The van der Waals surface area contributed by atoms with Gasteiger partial charge < -0.3 is 9.47 Å². The number of benzene rings is 1.